The number of hydrogen-bond acceptors (Lipinski definition) is 6. The summed E-state index contributed by atoms with van der Waals surface area (Å²) in [4.78, 5) is 24.6. The van der Waals surface area contributed by atoms with E-state index in [1.807, 2.05) is 31.2 Å². The van der Waals surface area contributed by atoms with E-state index in [1.165, 1.54) is 5.57 Å². The quantitative estimate of drug-likeness (QED) is 0.0481. The zero-order chi connectivity index (χ0) is 33.5. The molecule has 3 rings (SSSR count). The van der Waals surface area contributed by atoms with E-state index in [-0.39, 0.29) is 36.4 Å². The first-order chi connectivity index (χ1) is 22.0. The first kappa shape index (κ1) is 37.8. The maximum atomic E-state index is 13.9. The molecule has 2 unspecified atom stereocenters. The molecule has 4 atom stereocenters. The Labute approximate surface area is 276 Å². The second-order valence-electron chi connectivity index (χ2n) is 12.8. The lowest BCUT2D eigenvalue weighted by atomic mass is 9.73. The van der Waals surface area contributed by atoms with Crippen LogP contribution in [0.4, 0.5) is 0 Å². The molecule has 0 aromatic heterocycles. The lowest BCUT2D eigenvalue weighted by Crippen LogP contribution is -2.29. The minimum absolute atomic E-state index is 0.0669. The van der Waals surface area contributed by atoms with E-state index in [0.29, 0.717) is 17.5 Å². The summed E-state index contributed by atoms with van der Waals surface area (Å²) < 4.78 is 30.0. The second-order valence-corrected chi connectivity index (χ2v) is 14.2. The van der Waals surface area contributed by atoms with Crippen LogP contribution in [0.2, 0.25) is 0 Å². The van der Waals surface area contributed by atoms with E-state index in [2.05, 4.69) is 33.4 Å². The molecular weight excluding hydrogens is 599 g/mol. The molecule has 0 saturated carbocycles. The van der Waals surface area contributed by atoms with E-state index >= 15 is 0 Å². The normalized spacial score (nSPS) is 18.4. The van der Waals surface area contributed by atoms with Crippen molar-refractivity contribution >= 4 is 13.8 Å². The number of ether oxygens (including phenoxy) is 1. The zero-order valence-electron chi connectivity index (χ0n) is 28.3. The van der Waals surface area contributed by atoms with Gasteiger partial charge in [0.25, 0.3) is 0 Å². The van der Waals surface area contributed by atoms with Gasteiger partial charge in [-0.1, -0.05) is 119 Å². The predicted octanol–water partition coefficient (Wildman–Crippen LogP) is 10.5. The van der Waals surface area contributed by atoms with Crippen LogP contribution < -0.4 is 4.74 Å². The van der Waals surface area contributed by atoms with Crippen molar-refractivity contribution in [3.63, 3.8) is 0 Å². The maximum absolute atomic E-state index is 13.9. The standard InChI is InChI=1S/C38H55O7P/c1-6-8-10-11-12-17-21-35(45-46(41,42)43-27-30-18-15-13-16-19-30)38(40)44-36-26-31(20-14-9-7-2)25-34(39)37(36)33-24-29(5)22-23-32(33)28(3)4/h13,15-16,18-19,24-26,32-33,35,39H,3,6-12,14,17,20-23,27H2,1-2,4-5H3,(H,41,42)/t32-,33+,35?/m0/s1. The molecule has 0 fully saturated rings. The summed E-state index contributed by atoms with van der Waals surface area (Å²) in [6, 6.07) is 12.6. The van der Waals surface area contributed by atoms with Crippen LogP contribution in [0, 0.1) is 5.92 Å². The summed E-state index contributed by atoms with van der Waals surface area (Å²) in [5, 5.41) is 11.4. The number of carbonyl (C=O) groups excluding carboxylic acids is 1. The fraction of sp³-hybridized carbons (Fsp3) is 0.553. The fourth-order valence-electron chi connectivity index (χ4n) is 6.14. The highest BCUT2D eigenvalue weighted by Gasteiger charge is 2.35. The van der Waals surface area contributed by atoms with Gasteiger partial charge in [-0.15, -0.1) is 0 Å². The number of phenolic OH excluding ortho intramolecular Hbond substituents is 1. The molecule has 0 amide bonds. The third kappa shape index (κ3) is 12.2. The van der Waals surface area contributed by atoms with E-state index in [1.54, 1.807) is 18.2 Å². The summed E-state index contributed by atoms with van der Waals surface area (Å²) in [5.74, 6) is -0.604. The second kappa shape index (κ2) is 19.2. The van der Waals surface area contributed by atoms with Crippen LogP contribution in [-0.2, 0) is 31.4 Å². The van der Waals surface area contributed by atoms with Gasteiger partial charge in [0.15, 0.2) is 6.10 Å². The molecule has 1 aliphatic rings. The van der Waals surface area contributed by atoms with E-state index in [4.69, 9.17) is 13.8 Å². The Kier molecular flexibility index (Phi) is 15.8. The smallest absolute Gasteiger partial charge is 0.473 e. The Bertz CT molecular complexity index is 1340. The summed E-state index contributed by atoms with van der Waals surface area (Å²) in [7, 11) is -4.62. The van der Waals surface area contributed by atoms with Crippen LogP contribution in [0.15, 0.2) is 66.3 Å². The molecule has 254 valence electrons. The number of phosphoric acid groups is 1. The molecule has 2 N–H and O–H groups in total. The van der Waals surface area contributed by atoms with Crippen molar-refractivity contribution in [3.8, 4) is 11.5 Å². The average molecular weight is 655 g/mol. The Morgan fingerprint density at radius 1 is 1.00 bits per heavy atom. The van der Waals surface area contributed by atoms with Crippen LogP contribution in [0.3, 0.4) is 0 Å². The van der Waals surface area contributed by atoms with Gasteiger partial charge in [-0.3, -0.25) is 9.05 Å². The molecular formula is C38H55O7P. The first-order valence-electron chi connectivity index (χ1n) is 17.1. The first-order valence-corrected chi connectivity index (χ1v) is 18.6. The molecule has 7 nitrogen and oxygen atoms in total. The number of aromatic hydroxyl groups is 1. The molecule has 2 aromatic carbocycles. The van der Waals surface area contributed by atoms with Crippen molar-refractivity contribution in [1.29, 1.82) is 0 Å². The number of hydrogen-bond donors (Lipinski definition) is 2. The monoisotopic (exact) mass is 654 g/mol. The molecule has 1 aliphatic carbocycles. The summed E-state index contributed by atoms with van der Waals surface area (Å²) in [5.41, 5.74) is 4.31. The van der Waals surface area contributed by atoms with Crippen LogP contribution in [0.1, 0.15) is 127 Å². The molecule has 0 bridgehead atoms. The van der Waals surface area contributed by atoms with Crippen molar-refractivity contribution in [3.05, 3.63) is 83.0 Å². The highest BCUT2D eigenvalue weighted by atomic mass is 31.2. The number of benzene rings is 2. The third-order valence-corrected chi connectivity index (χ3v) is 9.73. The number of phenols is 1. The molecule has 0 radical (unpaired) electrons. The molecule has 8 heteroatoms. The third-order valence-electron chi connectivity index (χ3n) is 8.75. The van der Waals surface area contributed by atoms with Gasteiger partial charge in [0.05, 0.1) is 6.61 Å². The maximum Gasteiger partial charge on any atom is 0.473 e. The minimum Gasteiger partial charge on any atom is -0.507 e. The Balaban J connectivity index is 1.91. The number of phosphoric ester groups is 1. The van der Waals surface area contributed by atoms with Gasteiger partial charge < -0.3 is 14.7 Å². The summed E-state index contributed by atoms with van der Waals surface area (Å²) in [6.07, 6.45) is 12.5. The molecule has 0 spiro atoms. The van der Waals surface area contributed by atoms with Crippen molar-refractivity contribution in [2.75, 3.05) is 0 Å². The molecule has 0 aliphatic heterocycles. The molecule has 0 saturated heterocycles. The van der Waals surface area contributed by atoms with Crippen LogP contribution >= 0.6 is 7.82 Å². The SMILES string of the molecule is C=C(C)[C@@H]1CCC(C)=C[C@H]1c1c(O)cc(CCCCC)cc1OC(=O)C(CCCCCCCC)OP(=O)(O)OCc1ccccc1. The molecule has 0 heterocycles. The van der Waals surface area contributed by atoms with E-state index < -0.39 is 19.9 Å². The van der Waals surface area contributed by atoms with Crippen molar-refractivity contribution < 1.29 is 33.1 Å². The Hall–Kier alpha value is -2.70. The highest BCUT2D eigenvalue weighted by molar-refractivity contribution is 7.47. The van der Waals surface area contributed by atoms with Crippen molar-refractivity contribution in [1.82, 2.24) is 0 Å². The van der Waals surface area contributed by atoms with E-state index in [0.717, 1.165) is 81.8 Å². The summed E-state index contributed by atoms with van der Waals surface area (Å²) >= 11 is 0. The topological polar surface area (TPSA) is 102 Å². The average Bonchev–Trinajstić information content (AvgIpc) is 3.01. The number of aryl methyl sites for hydroxylation is 1. The minimum atomic E-state index is -4.62. The van der Waals surface area contributed by atoms with Gasteiger partial charge in [0.1, 0.15) is 11.5 Å². The van der Waals surface area contributed by atoms with Crippen molar-refractivity contribution in [2.45, 2.75) is 130 Å². The van der Waals surface area contributed by atoms with Gasteiger partial charge in [0.2, 0.25) is 0 Å². The van der Waals surface area contributed by atoms with Gasteiger partial charge in [0, 0.05) is 11.5 Å². The van der Waals surface area contributed by atoms with Gasteiger partial charge >= 0.3 is 13.8 Å². The van der Waals surface area contributed by atoms with Gasteiger partial charge in [-0.05, 0) is 75.1 Å². The lowest BCUT2D eigenvalue weighted by Gasteiger charge is -2.32. The number of rotatable bonds is 20. The Morgan fingerprint density at radius 3 is 2.37 bits per heavy atom. The number of unbranched alkanes of at least 4 members (excludes halogenated alkanes) is 7. The molecule has 46 heavy (non-hydrogen) atoms. The van der Waals surface area contributed by atoms with Crippen LogP contribution in [-0.4, -0.2) is 22.1 Å². The predicted molar refractivity (Wildman–Crippen MR) is 185 cm³/mol. The lowest BCUT2D eigenvalue weighted by molar-refractivity contribution is -0.143. The number of esters is 1. The van der Waals surface area contributed by atoms with Crippen LogP contribution in [0.25, 0.3) is 0 Å². The van der Waals surface area contributed by atoms with Crippen molar-refractivity contribution in [2.24, 2.45) is 5.92 Å². The highest BCUT2D eigenvalue weighted by Crippen LogP contribution is 2.49. The number of allylic oxidation sites excluding steroid dienone is 3. The Morgan fingerprint density at radius 2 is 1.67 bits per heavy atom. The van der Waals surface area contributed by atoms with Crippen LogP contribution in [0.5, 0.6) is 11.5 Å². The molecule has 2 aromatic rings. The summed E-state index contributed by atoms with van der Waals surface area (Å²) in [6.45, 7) is 12.4. The van der Waals surface area contributed by atoms with Gasteiger partial charge in [-0.25, -0.2) is 9.36 Å². The van der Waals surface area contributed by atoms with E-state index in [9.17, 15) is 19.4 Å². The number of carbonyl (C=O) groups is 1. The fourth-order valence-corrected chi connectivity index (χ4v) is 7.02. The van der Waals surface area contributed by atoms with Gasteiger partial charge in [-0.2, -0.15) is 0 Å². The zero-order valence-corrected chi connectivity index (χ0v) is 29.2. The largest absolute Gasteiger partial charge is 0.507 e.